The molecule has 0 aliphatic heterocycles. The van der Waals surface area contributed by atoms with Gasteiger partial charge in [-0.1, -0.05) is 11.8 Å². The number of fused-ring (bicyclic) bond motifs is 1. The molecule has 254 valence electrons. The number of hydrogen-bond acceptors (Lipinski definition) is 16. The van der Waals surface area contributed by atoms with Gasteiger partial charge >= 0.3 is 25.6 Å². The fourth-order valence-corrected chi connectivity index (χ4v) is 5.20. The Morgan fingerprint density at radius 2 is 1.54 bits per heavy atom. The molecule has 0 radical (unpaired) electrons. The number of carbonyl (C=O) groups is 2. The van der Waals surface area contributed by atoms with Gasteiger partial charge in [-0.25, -0.2) is 19.6 Å². The van der Waals surface area contributed by atoms with Crippen LogP contribution in [0.15, 0.2) is 40.5 Å². The van der Waals surface area contributed by atoms with Gasteiger partial charge in [0.15, 0.2) is 5.65 Å². The molecular formula is C26H36N5O13PS. The number of nitrogens with zero attached hydrogens (tertiary/aromatic N) is 4. The third-order valence-corrected chi connectivity index (χ3v) is 7.45. The molecule has 3 aromatic rings. The summed E-state index contributed by atoms with van der Waals surface area (Å²) in [7, 11) is -3.99. The smallest absolute Gasteiger partial charge is 0.497 e. The van der Waals surface area contributed by atoms with E-state index in [2.05, 4.69) is 15.0 Å². The van der Waals surface area contributed by atoms with Crippen LogP contribution in [0.25, 0.3) is 11.2 Å². The van der Waals surface area contributed by atoms with Crippen molar-refractivity contribution in [2.75, 3.05) is 26.4 Å². The standard InChI is InChI=1S/C26H36N5O13PS/c1-15(2)42-24(32)38-13-40-26(45(34,35)36,41-14-39-25(33)43-16(3)4)44-17(5)11-31-12-28-20-21(31)29-23(27)30-22(20)46-19-9-7-18(37-6)8-10-19/h7-10,12,15-17H,11,13-14H2,1-6H3,(H2,27,29,30)(H2,34,35,36)/t17-/m1/s1. The monoisotopic (exact) mass is 689 g/mol. The number of benzene rings is 1. The van der Waals surface area contributed by atoms with E-state index in [0.29, 0.717) is 21.9 Å². The first-order valence-corrected chi connectivity index (χ1v) is 16.0. The Balaban J connectivity index is 1.84. The van der Waals surface area contributed by atoms with Crippen molar-refractivity contribution in [1.29, 1.82) is 0 Å². The van der Waals surface area contributed by atoms with Gasteiger partial charge in [0.05, 0.1) is 38.3 Å². The number of nitrogen functional groups attached to an aromatic ring is 1. The summed E-state index contributed by atoms with van der Waals surface area (Å²) < 4.78 is 54.5. The molecule has 0 unspecified atom stereocenters. The molecule has 4 N–H and O–H groups in total. The van der Waals surface area contributed by atoms with Crippen LogP contribution in [-0.2, 0) is 44.3 Å². The highest BCUT2D eigenvalue weighted by atomic mass is 32.2. The van der Waals surface area contributed by atoms with Crippen molar-refractivity contribution in [3.63, 3.8) is 0 Å². The van der Waals surface area contributed by atoms with Crippen LogP contribution in [0.3, 0.4) is 0 Å². The largest absolute Gasteiger partial charge is 0.510 e. The van der Waals surface area contributed by atoms with E-state index in [1.54, 1.807) is 46.9 Å². The number of carbonyl (C=O) groups excluding carboxylic acids is 2. The Labute approximate surface area is 267 Å². The highest BCUT2D eigenvalue weighted by Gasteiger charge is 2.54. The molecule has 3 rings (SSSR count). The van der Waals surface area contributed by atoms with Crippen LogP contribution in [0.1, 0.15) is 34.6 Å². The van der Waals surface area contributed by atoms with Crippen LogP contribution in [0.4, 0.5) is 15.5 Å². The van der Waals surface area contributed by atoms with Gasteiger partial charge in [-0.2, -0.15) is 4.98 Å². The first-order chi connectivity index (χ1) is 21.6. The number of aromatic nitrogens is 4. The number of methoxy groups -OCH3 is 1. The maximum atomic E-state index is 12.7. The van der Waals surface area contributed by atoms with Gasteiger partial charge in [-0.05, 0) is 58.9 Å². The van der Waals surface area contributed by atoms with Crippen molar-refractivity contribution in [3.8, 4) is 5.75 Å². The lowest BCUT2D eigenvalue weighted by atomic mass is 10.3. The number of anilines is 1. The van der Waals surface area contributed by atoms with Crippen LogP contribution in [0, 0.1) is 0 Å². The Bertz CT molecular complexity index is 1490. The van der Waals surface area contributed by atoms with E-state index in [1.165, 1.54) is 29.6 Å². The molecule has 2 aromatic heterocycles. The summed E-state index contributed by atoms with van der Waals surface area (Å²) in [5.41, 5.74) is 3.45. The van der Waals surface area contributed by atoms with E-state index in [-0.39, 0.29) is 12.5 Å². The molecule has 0 saturated carbocycles. The molecule has 18 nitrogen and oxygen atoms in total. The summed E-state index contributed by atoms with van der Waals surface area (Å²) in [6.07, 6.45) is -3.19. The summed E-state index contributed by atoms with van der Waals surface area (Å²) in [4.78, 5) is 58.0. The Morgan fingerprint density at radius 1 is 0.978 bits per heavy atom. The van der Waals surface area contributed by atoms with E-state index in [0.717, 1.165) is 4.90 Å². The average molecular weight is 690 g/mol. The van der Waals surface area contributed by atoms with E-state index in [9.17, 15) is 23.9 Å². The van der Waals surface area contributed by atoms with Gasteiger partial charge in [-0.3, -0.25) is 14.0 Å². The van der Waals surface area contributed by atoms with Crippen LogP contribution in [0.5, 0.6) is 5.75 Å². The lowest BCUT2D eigenvalue weighted by Gasteiger charge is -2.34. The third-order valence-electron chi connectivity index (χ3n) is 5.38. The summed E-state index contributed by atoms with van der Waals surface area (Å²) in [6, 6.07) is 7.24. The van der Waals surface area contributed by atoms with Crippen molar-refractivity contribution in [1.82, 2.24) is 19.5 Å². The lowest BCUT2D eigenvalue weighted by Crippen LogP contribution is -2.44. The molecule has 0 spiro atoms. The highest BCUT2D eigenvalue weighted by molar-refractivity contribution is 7.99. The Morgan fingerprint density at radius 3 is 2.04 bits per heavy atom. The lowest BCUT2D eigenvalue weighted by molar-refractivity contribution is -0.375. The van der Waals surface area contributed by atoms with E-state index >= 15 is 0 Å². The zero-order valence-electron chi connectivity index (χ0n) is 25.8. The first kappa shape index (κ1) is 36.8. The molecule has 1 aromatic carbocycles. The Hall–Kier alpha value is -3.71. The SMILES string of the molecule is COc1ccc(Sc2nc(N)nc3c2ncn3C[C@@H](C)OC(OCOC(=O)OC(C)C)(OCOC(=O)OC(C)C)P(=O)(O)O)cc1. The number of nitrogens with two attached hydrogens (primary N) is 1. The van der Waals surface area contributed by atoms with Crippen LogP contribution < -0.4 is 10.5 Å². The molecule has 0 saturated heterocycles. The molecule has 46 heavy (non-hydrogen) atoms. The zero-order chi connectivity index (χ0) is 34.1. The summed E-state index contributed by atoms with van der Waals surface area (Å²) in [5, 5.41) is 0.451. The molecule has 0 aliphatic carbocycles. The normalized spacial score (nSPS) is 12.7. The molecule has 1 atom stereocenters. The van der Waals surface area contributed by atoms with Crippen LogP contribution in [-0.4, -0.2) is 86.3 Å². The molecule has 0 fully saturated rings. The van der Waals surface area contributed by atoms with Gasteiger partial charge in [0.25, 0.3) is 0 Å². The van der Waals surface area contributed by atoms with Crippen molar-refractivity contribution < 1.29 is 61.8 Å². The fraction of sp³-hybridized carbons (Fsp3) is 0.500. The van der Waals surface area contributed by atoms with Gasteiger partial charge in [0, 0.05) is 4.90 Å². The predicted molar refractivity (Wildman–Crippen MR) is 159 cm³/mol. The zero-order valence-corrected chi connectivity index (χ0v) is 27.6. The second-order valence-corrected chi connectivity index (χ2v) is 12.6. The van der Waals surface area contributed by atoms with E-state index < -0.39 is 57.5 Å². The molecule has 0 aliphatic rings. The fourth-order valence-electron chi connectivity index (χ4n) is 3.57. The topological polar surface area (TPSA) is 235 Å². The Kier molecular flexibility index (Phi) is 13.0. The van der Waals surface area contributed by atoms with Crippen molar-refractivity contribution in [3.05, 3.63) is 30.6 Å². The third kappa shape index (κ3) is 10.4. The second-order valence-electron chi connectivity index (χ2n) is 9.88. The summed E-state index contributed by atoms with van der Waals surface area (Å²) in [5.74, 6) is 0.629. The number of imidazole rings is 1. The average Bonchev–Trinajstić information content (AvgIpc) is 3.34. The number of rotatable bonds is 16. The molecule has 0 bridgehead atoms. The van der Waals surface area contributed by atoms with Gasteiger partial charge in [0.1, 0.15) is 16.3 Å². The minimum absolute atomic E-state index is 0.0501. The van der Waals surface area contributed by atoms with Crippen molar-refractivity contribution >= 4 is 48.8 Å². The molecule has 0 amide bonds. The molecule has 2 heterocycles. The highest BCUT2D eigenvalue weighted by Crippen LogP contribution is 2.53. The minimum Gasteiger partial charge on any atom is -0.497 e. The van der Waals surface area contributed by atoms with Crippen molar-refractivity contribution in [2.45, 2.75) is 75.1 Å². The maximum absolute atomic E-state index is 12.7. The molecule has 20 heteroatoms. The molecular weight excluding hydrogens is 653 g/mol. The van der Waals surface area contributed by atoms with Gasteiger partial charge in [0.2, 0.25) is 19.5 Å². The maximum Gasteiger partial charge on any atom is 0.510 e. The first-order valence-electron chi connectivity index (χ1n) is 13.6. The van der Waals surface area contributed by atoms with Gasteiger partial charge < -0.3 is 48.5 Å². The second kappa shape index (κ2) is 16.2. The summed E-state index contributed by atoms with van der Waals surface area (Å²) in [6.45, 7) is 5.38. The quantitative estimate of drug-likeness (QED) is 0.0838. The predicted octanol–water partition coefficient (Wildman–Crippen LogP) is 3.83. The number of ether oxygens (including phenoxy) is 8. The van der Waals surface area contributed by atoms with Crippen LogP contribution >= 0.6 is 19.4 Å². The number of hydrogen-bond donors (Lipinski definition) is 3. The van der Waals surface area contributed by atoms with Gasteiger partial charge in [-0.15, -0.1) is 0 Å². The van der Waals surface area contributed by atoms with Crippen molar-refractivity contribution in [2.24, 2.45) is 0 Å². The van der Waals surface area contributed by atoms with E-state index in [1.807, 2.05) is 12.1 Å². The minimum atomic E-state index is -5.55. The van der Waals surface area contributed by atoms with Crippen LogP contribution in [0.2, 0.25) is 0 Å². The summed E-state index contributed by atoms with van der Waals surface area (Å²) >= 11 is 1.29. The van der Waals surface area contributed by atoms with E-state index in [4.69, 9.17) is 43.6 Å².